The maximum Gasteiger partial charge on any atom is 0.341 e. The molecule has 4 nitrogen and oxygen atoms in total. The summed E-state index contributed by atoms with van der Waals surface area (Å²) < 4.78 is 3.95. The molecule has 0 aliphatic carbocycles. The highest BCUT2D eigenvalue weighted by Gasteiger charge is 2.16. The van der Waals surface area contributed by atoms with Crippen LogP contribution in [0.15, 0.2) is 24.3 Å². The van der Waals surface area contributed by atoms with E-state index in [1.165, 1.54) is 6.07 Å². The van der Waals surface area contributed by atoms with Crippen LogP contribution >= 0.6 is 11.9 Å². The molecule has 0 spiro atoms. The van der Waals surface area contributed by atoms with Crippen molar-refractivity contribution in [1.29, 1.82) is 0 Å². The second-order valence-electron chi connectivity index (χ2n) is 2.84. The molecular weight excluding hydrogens is 206 g/mol. The molecule has 76 valence electrons. The zero-order chi connectivity index (χ0) is 10.6. The minimum atomic E-state index is -0.860. The maximum absolute atomic E-state index is 10.9. The summed E-state index contributed by atoms with van der Waals surface area (Å²) in [5.41, 5.74) is 6.04. The summed E-state index contributed by atoms with van der Waals surface area (Å²) >= 11 is 4.86. The van der Waals surface area contributed by atoms with E-state index in [0.29, 0.717) is 5.56 Å². The number of halogens is 1. The smallest absolute Gasteiger partial charge is 0.341 e. The van der Waals surface area contributed by atoms with Gasteiger partial charge in [-0.25, -0.2) is 4.79 Å². The first-order valence-electron chi connectivity index (χ1n) is 4.00. The number of para-hydroxylation sites is 1. The van der Waals surface area contributed by atoms with Crippen molar-refractivity contribution >= 4 is 17.8 Å². The van der Waals surface area contributed by atoms with Crippen molar-refractivity contribution in [2.75, 3.05) is 0 Å². The lowest BCUT2D eigenvalue weighted by atomic mass is 10.1. The van der Waals surface area contributed by atoms with Crippen molar-refractivity contribution in [3.8, 4) is 5.75 Å². The highest BCUT2D eigenvalue weighted by Crippen LogP contribution is 2.17. The number of hydrogen-bond donors (Lipinski definition) is 2. The average molecular weight is 216 g/mol. The Balaban J connectivity index is 2.69. The predicted molar refractivity (Wildman–Crippen MR) is 51.7 cm³/mol. The number of aromatic hydroxyl groups is 1. The predicted octanol–water partition coefficient (Wildman–Crippen LogP) is 0.959. The fourth-order valence-corrected chi connectivity index (χ4v) is 1.18. The second kappa shape index (κ2) is 4.83. The van der Waals surface area contributed by atoms with Crippen LogP contribution in [0.1, 0.15) is 5.56 Å². The molecule has 0 bridgehead atoms. The molecule has 14 heavy (non-hydrogen) atoms. The molecule has 5 heteroatoms. The van der Waals surface area contributed by atoms with Crippen LogP contribution in [0.5, 0.6) is 5.75 Å². The van der Waals surface area contributed by atoms with E-state index in [0.717, 1.165) is 0 Å². The monoisotopic (exact) mass is 215 g/mol. The Labute approximate surface area is 86.4 Å². The molecule has 0 radical (unpaired) electrons. The van der Waals surface area contributed by atoms with Crippen LogP contribution in [0.25, 0.3) is 0 Å². The Bertz CT molecular complexity index is 330. The van der Waals surface area contributed by atoms with Crippen LogP contribution in [0.3, 0.4) is 0 Å². The fourth-order valence-electron chi connectivity index (χ4n) is 1.06. The van der Waals surface area contributed by atoms with Gasteiger partial charge in [-0.1, -0.05) is 18.2 Å². The summed E-state index contributed by atoms with van der Waals surface area (Å²) in [5, 5.41) is 9.37. The molecule has 1 aromatic rings. The lowest BCUT2D eigenvalue weighted by molar-refractivity contribution is -0.135. The maximum atomic E-state index is 10.9. The minimum absolute atomic E-state index is 0.102. The van der Waals surface area contributed by atoms with Crippen molar-refractivity contribution in [1.82, 2.24) is 0 Å². The summed E-state index contributed by atoms with van der Waals surface area (Å²) in [6.45, 7) is 0. The fraction of sp³-hybridized carbons (Fsp3) is 0.222. The van der Waals surface area contributed by atoms with Crippen LogP contribution in [-0.4, -0.2) is 17.1 Å². The molecule has 0 saturated carbocycles. The molecule has 3 N–H and O–H groups in total. The van der Waals surface area contributed by atoms with E-state index in [-0.39, 0.29) is 12.2 Å². The lowest BCUT2D eigenvalue weighted by Gasteiger charge is -2.08. The van der Waals surface area contributed by atoms with E-state index < -0.39 is 12.0 Å². The van der Waals surface area contributed by atoms with Gasteiger partial charge in [-0.3, -0.25) is 0 Å². The van der Waals surface area contributed by atoms with Crippen LogP contribution in [0, 0.1) is 0 Å². The van der Waals surface area contributed by atoms with E-state index in [2.05, 4.69) is 4.29 Å². The lowest BCUT2D eigenvalue weighted by Crippen LogP contribution is -2.32. The number of hydrogen-bond acceptors (Lipinski definition) is 4. The molecule has 0 saturated heterocycles. The number of phenols is 1. The number of phenolic OH excluding ortho intramolecular Hbond substituents is 1. The number of nitrogens with two attached hydrogens (primary N) is 1. The topological polar surface area (TPSA) is 72.5 Å². The van der Waals surface area contributed by atoms with Crippen LogP contribution in [0.2, 0.25) is 0 Å². The summed E-state index contributed by atoms with van der Waals surface area (Å²) in [4.78, 5) is 10.9. The summed E-state index contributed by atoms with van der Waals surface area (Å²) in [6, 6.07) is 5.77. The summed E-state index contributed by atoms with van der Waals surface area (Å²) in [6.07, 6.45) is 0.193. The van der Waals surface area contributed by atoms with Crippen molar-refractivity contribution in [2.24, 2.45) is 5.73 Å². The van der Waals surface area contributed by atoms with Gasteiger partial charge in [0.05, 0.1) is 0 Å². The number of benzene rings is 1. The SMILES string of the molecule is N[C@H](Cc1ccccc1O)C(=O)OCl. The molecule has 0 aromatic heterocycles. The molecule has 1 aromatic carbocycles. The molecule has 0 aliphatic rings. The average Bonchev–Trinajstić information content (AvgIpc) is 2.20. The van der Waals surface area contributed by atoms with Crippen molar-refractivity contribution in [3.63, 3.8) is 0 Å². The molecule has 0 heterocycles. The third-order valence-corrected chi connectivity index (χ3v) is 1.96. The third-order valence-electron chi connectivity index (χ3n) is 1.81. The first-order chi connectivity index (χ1) is 6.65. The van der Waals surface area contributed by atoms with Crippen molar-refractivity contribution in [2.45, 2.75) is 12.5 Å². The Kier molecular flexibility index (Phi) is 3.73. The first kappa shape index (κ1) is 10.8. The third kappa shape index (κ3) is 2.61. The molecular formula is C9H10ClNO3. The van der Waals surface area contributed by atoms with E-state index in [1.54, 1.807) is 18.2 Å². The Morgan fingerprint density at radius 1 is 1.57 bits per heavy atom. The summed E-state index contributed by atoms with van der Waals surface area (Å²) in [7, 11) is 0. The Morgan fingerprint density at radius 2 is 2.21 bits per heavy atom. The van der Waals surface area contributed by atoms with E-state index in [9.17, 15) is 9.90 Å². The van der Waals surface area contributed by atoms with Crippen molar-refractivity contribution in [3.05, 3.63) is 29.8 Å². The molecule has 0 aliphatic heterocycles. The van der Waals surface area contributed by atoms with Crippen LogP contribution < -0.4 is 5.73 Å². The van der Waals surface area contributed by atoms with Gasteiger partial charge in [0.2, 0.25) is 0 Å². The zero-order valence-electron chi connectivity index (χ0n) is 7.31. The van der Waals surface area contributed by atoms with Gasteiger partial charge >= 0.3 is 5.97 Å². The molecule has 1 atom stereocenters. The van der Waals surface area contributed by atoms with Crippen LogP contribution in [-0.2, 0) is 15.5 Å². The van der Waals surface area contributed by atoms with Gasteiger partial charge in [0.15, 0.2) is 0 Å². The van der Waals surface area contributed by atoms with Gasteiger partial charge < -0.3 is 15.1 Å². The van der Waals surface area contributed by atoms with Gasteiger partial charge in [0.25, 0.3) is 0 Å². The molecule has 0 amide bonds. The van der Waals surface area contributed by atoms with Gasteiger partial charge in [-0.2, -0.15) is 0 Å². The van der Waals surface area contributed by atoms with Crippen LogP contribution in [0.4, 0.5) is 0 Å². The molecule has 0 unspecified atom stereocenters. The van der Waals surface area contributed by atoms with E-state index >= 15 is 0 Å². The Hall–Kier alpha value is -1.26. The van der Waals surface area contributed by atoms with Gasteiger partial charge in [0, 0.05) is 6.42 Å². The molecule has 1 rings (SSSR count). The summed E-state index contributed by atoms with van der Waals surface area (Å²) in [5.74, 6) is -0.611. The highest BCUT2D eigenvalue weighted by molar-refractivity contribution is 6.13. The van der Waals surface area contributed by atoms with Gasteiger partial charge in [-0.15, -0.1) is 0 Å². The minimum Gasteiger partial charge on any atom is -0.508 e. The first-order valence-corrected chi connectivity index (χ1v) is 4.31. The Morgan fingerprint density at radius 3 is 2.79 bits per heavy atom. The van der Waals surface area contributed by atoms with E-state index in [1.807, 2.05) is 0 Å². The standard InChI is InChI=1S/C9H10ClNO3/c10-14-9(13)7(11)5-6-3-1-2-4-8(6)12/h1-4,7,12H,5,11H2/t7-/m1/s1. The quantitative estimate of drug-likeness (QED) is 0.788. The second-order valence-corrected chi connectivity index (χ2v) is 2.99. The van der Waals surface area contributed by atoms with Gasteiger partial charge in [0.1, 0.15) is 23.7 Å². The normalized spacial score (nSPS) is 12.1. The largest absolute Gasteiger partial charge is 0.508 e. The van der Waals surface area contributed by atoms with E-state index in [4.69, 9.17) is 17.6 Å². The van der Waals surface area contributed by atoms with Crippen molar-refractivity contribution < 1.29 is 14.2 Å². The molecule has 0 fully saturated rings. The number of rotatable bonds is 3. The highest BCUT2D eigenvalue weighted by atomic mass is 35.5. The zero-order valence-corrected chi connectivity index (χ0v) is 8.07. The number of carbonyl (C=O) groups excluding carboxylic acids is 1. The van der Waals surface area contributed by atoms with Gasteiger partial charge in [-0.05, 0) is 11.6 Å². The number of carbonyl (C=O) groups is 1.